The number of hydrogen-bond donors (Lipinski definition) is 0. The lowest BCUT2D eigenvalue weighted by Gasteiger charge is -2.43. The van der Waals surface area contributed by atoms with Gasteiger partial charge in [-0.3, -0.25) is 9.59 Å². The second-order valence-electron chi connectivity index (χ2n) is 11.1. The summed E-state index contributed by atoms with van der Waals surface area (Å²) in [7, 11) is 0. The summed E-state index contributed by atoms with van der Waals surface area (Å²) in [5.41, 5.74) is 1.44. The first-order valence-corrected chi connectivity index (χ1v) is 13.2. The van der Waals surface area contributed by atoms with Gasteiger partial charge in [0.05, 0.1) is 19.8 Å². The average Bonchev–Trinajstić information content (AvgIpc) is 2.88. The first-order chi connectivity index (χ1) is 17.2. The van der Waals surface area contributed by atoms with E-state index >= 15 is 0 Å². The number of ether oxygens (including phenoxy) is 2. The topological polar surface area (TPSA) is 59.1 Å². The van der Waals surface area contributed by atoms with E-state index in [1.807, 2.05) is 46.2 Å². The largest absolute Gasteiger partial charge is 0.493 e. The van der Waals surface area contributed by atoms with E-state index in [1.54, 1.807) is 12.1 Å². The molecule has 2 fully saturated rings. The van der Waals surface area contributed by atoms with Crippen molar-refractivity contribution in [1.82, 2.24) is 9.80 Å². The maximum Gasteiger partial charge on any atom is 0.253 e. The molecule has 0 bridgehead atoms. The van der Waals surface area contributed by atoms with E-state index in [9.17, 15) is 9.59 Å². The van der Waals surface area contributed by atoms with Gasteiger partial charge < -0.3 is 19.3 Å². The number of nitrogens with zero attached hydrogens (tertiary/aromatic N) is 2. The average molecular weight is 513 g/mol. The van der Waals surface area contributed by atoms with Crippen molar-refractivity contribution >= 4 is 23.4 Å². The Labute approximate surface area is 219 Å². The summed E-state index contributed by atoms with van der Waals surface area (Å²) in [6.45, 7) is 10.3. The number of benzene rings is 2. The van der Waals surface area contributed by atoms with Crippen molar-refractivity contribution in [3.8, 4) is 5.75 Å². The van der Waals surface area contributed by atoms with E-state index in [1.165, 1.54) is 5.56 Å². The van der Waals surface area contributed by atoms with Crippen LogP contribution in [0.2, 0.25) is 5.02 Å². The summed E-state index contributed by atoms with van der Waals surface area (Å²) in [5.74, 6) is 0.811. The van der Waals surface area contributed by atoms with Gasteiger partial charge in [0.2, 0.25) is 5.91 Å². The molecule has 0 aliphatic carbocycles. The molecule has 0 radical (unpaired) electrons. The lowest BCUT2D eigenvalue weighted by Crippen LogP contribution is -2.52. The highest BCUT2D eigenvalue weighted by Gasteiger charge is 2.41. The molecule has 6 nitrogen and oxygen atoms in total. The molecule has 36 heavy (non-hydrogen) atoms. The molecule has 2 amide bonds. The van der Waals surface area contributed by atoms with E-state index in [0.29, 0.717) is 68.8 Å². The molecule has 0 unspecified atom stereocenters. The van der Waals surface area contributed by atoms with Crippen LogP contribution in [0.25, 0.3) is 0 Å². The number of carbonyl (C=O) groups is 2. The Hall–Kier alpha value is -2.57. The molecule has 2 aromatic rings. The predicted molar refractivity (Wildman–Crippen MR) is 142 cm³/mol. The third-order valence-electron chi connectivity index (χ3n) is 7.20. The Bertz CT molecular complexity index is 1040. The monoisotopic (exact) mass is 512 g/mol. The highest BCUT2D eigenvalue weighted by atomic mass is 35.5. The minimum atomic E-state index is -0.464. The third-order valence-corrected chi connectivity index (χ3v) is 7.45. The van der Waals surface area contributed by atoms with Crippen LogP contribution in [0.1, 0.15) is 56.0 Å². The zero-order chi connectivity index (χ0) is 25.8. The summed E-state index contributed by atoms with van der Waals surface area (Å²) >= 11 is 6.03. The van der Waals surface area contributed by atoms with Crippen LogP contribution in [-0.4, -0.2) is 67.6 Å². The molecule has 2 aliphatic rings. The summed E-state index contributed by atoms with van der Waals surface area (Å²) in [6.07, 6.45) is 1.99. The minimum Gasteiger partial charge on any atom is -0.493 e. The van der Waals surface area contributed by atoms with Gasteiger partial charge in [0, 0.05) is 48.6 Å². The van der Waals surface area contributed by atoms with Crippen LogP contribution in [0.5, 0.6) is 5.75 Å². The van der Waals surface area contributed by atoms with Gasteiger partial charge in [0.15, 0.2) is 0 Å². The van der Waals surface area contributed by atoms with E-state index in [-0.39, 0.29) is 17.2 Å². The zero-order valence-electron chi connectivity index (χ0n) is 21.6. The van der Waals surface area contributed by atoms with Crippen molar-refractivity contribution in [1.29, 1.82) is 0 Å². The second-order valence-corrected chi connectivity index (χ2v) is 11.5. The molecule has 0 spiro atoms. The fourth-order valence-corrected chi connectivity index (χ4v) is 5.13. The van der Waals surface area contributed by atoms with Gasteiger partial charge in [-0.2, -0.15) is 0 Å². The van der Waals surface area contributed by atoms with Crippen molar-refractivity contribution < 1.29 is 19.1 Å². The Kier molecular flexibility index (Phi) is 8.26. The first-order valence-electron chi connectivity index (χ1n) is 12.8. The van der Waals surface area contributed by atoms with Crippen LogP contribution in [0, 0.1) is 5.41 Å². The molecule has 0 saturated carbocycles. The molecule has 194 valence electrons. The SMILES string of the molecule is CC(C)(C)c1ccc(C(=O)N2CCC[C@](COc3ccc(Cl)cc3)(CC(=O)N3CCOCC3)C2)cc1. The normalized spacial score (nSPS) is 20.8. The van der Waals surface area contributed by atoms with Crippen LogP contribution >= 0.6 is 11.6 Å². The van der Waals surface area contributed by atoms with Crippen molar-refractivity contribution in [3.63, 3.8) is 0 Å². The maximum absolute atomic E-state index is 13.5. The number of amides is 2. The van der Waals surface area contributed by atoms with Crippen molar-refractivity contribution in [2.24, 2.45) is 5.41 Å². The van der Waals surface area contributed by atoms with Gasteiger partial charge in [0.1, 0.15) is 5.75 Å². The lowest BCUT2D eigenvalue weighted by atomic mass is 9.77. The number of morpholine rings is 1. The molecule has 0 aromatic heterocycles. The Morgan fingerprint density at radius 3 is 2.28 bits per heavy atom. The smallest absolute Gasteiger partial charge is 0.253 e. The van der Waals surface area contributed by atoms with E-state index in [2.05, 4.69) is 20.8 Å². The van der Waals surface area contributed by atoms with Crippen molar-refractivity contribution in [2.45, 2.75) is 45.4 Å². The standard InChI is InChI=1S/C29H37ClN2O4/c1-28(2,3)23-7-5-22(6-8-23)27(34)32-14-4-13-29(20-32,19-26(33)31-15-17-35-18-16-31)21-36-25-11-9-24(30)10-12-25/h5-12H,4,13-21H2,1-3H3/t29-/m0/s1. The summed E-state index contributed by atoms with van der Waals surface area (Å²) in [5, 5.41) is 0.645. The van der Waals surface area contributed by atoms with Crippen LogP contribution in [0.4, 0.5) is 0 Å². The van der Waals surface area contributed by atoms with Crippen LogP contribution < -0.4 is 4.74 Å². The molecule has 0 N–H and O–H groups in total. The molecule has 2 saturated heterocycles. The van der Waals surface area contributed by atoms with Crippen molar-refractivity contribution in [2.75, 3.05) is 46.0 Å². The fourth-order valence-electron chi connectivity index (χ4n) is 5.00. The summed E-state index contributed by atoms with van der Waals surface area (Å²) < 4.78 is 11.6. The van der Waals surface area contributed by atoms with E-state index < -0.39 is 5.41 Å². The number of hydrogen-bond acceptors (Lipinski definition) is 4. The Balaban J connectivity index is 1.52. The number of carbonyl (C=O) groups excluding carboxylic acids is 2. The molecular weight excluding hydrogens is 476 g/mol. The van der Waals surface area contributed by atoms with Gasteiger partial charge in [0.25, 0.3) is 5.91 Å². The number of likely N-dealkylation sites (tertiary alicyclic amines) is 1. The first kappa shape index (κ1) is 26.5. The number of rotatable bonds is 6. The molecule has 7 heteroatoms. The molecule has 2 heterocycles. The van der Waals surface area contributed by atoms with E-state index in [4.69, 9.17) is 21.1 Å². The lowest BCUT2D eigenvalue weighted by molar-refractivity contribution is -0.139. The van der Waals surface area contributed by atoms with Crippen molar-refractivity contribution in [3.05, 3.63) is 64.7 Å². The maximum atomic E-state index is 13.5. The number of piperidine rings is 1. The highest BCUT2D eigenvalue weighted by Crippen LogP contribution is 2.36. The summed E-state index contributed by atoms with van der Waals surface area (Å²) in [4.78, 5) is 30.6. The van der Waals surface area contributed by atoms with Gasteiger partial charge in [-0.15, -0.1) is 0 Å². The molecule has 1 atom stereocenters. The van der Waals surface area contributed by atoms with Gasteiger partial charge >= 0.3 is 0 Å². The zero-order valence-corrected chi connectivity index (χ0v) is 22.4. The Morgan fingerprint density at radius 2 is 1.64 bits per heavy atom. The Morgan fingerprint density at radius 1 is 0.972 bits per heavy atom. The molecular formula is C29H37ClN2O4. The third kappa shape index (κ3) is 6.60. The predicted octanol–water partition coefficient (Wildman–Crippen LogP) is 5.19. The molecule has 2 aromatic carbocycles. The van der Waals surface area contributed by atoms with Gasteiger partial charge in [-0.05, 0) is 60.2 Å². The second kappa shape index (κ2) is 11.2. The van der Waals surface area contributed by atoms with Gasteiger partial charge in [-0.25, -0.2) is 0 Å². The summed E-state index contributed by atoms with van der Waals surface area (Å²) in [6, 6.07) is 15.2. The quantitative estimate of drug-likeness (QED) is 0.534. The van der Waals surface area contributed by atoms with Crippen LogP contribution in [0.15, 0.2) is 48.5 Å². The minimum absolute atomic E-state index is 0.00449. The van der Waals surface area contributed by atoms with Crippen LogP contribution in [0.3, 0.4) is 0 Å². The molecule has 2 aliphatic heterocycles. The van der Waals surface area contributed by atoms with E-state index in [0.717, 1.165) is 12.8 Å². The fraction of sp³-hybridized carbons (Fsp3) is 0.517. The number of halogens is 1. The molecule has 4 rings (SSSR count). The highest BCUT2D eigenvalue weighted by molar-refractivity contribution is 6.30. The van der Waals surface area contributed by atoms with Crippen LogP contribution in [-0.2, 0) is 14.9 Å². The van der Waals surface area contributed by atoms with Gasteiger partial charge in [-0.1, -0.05) is 44.5 Å².